The van der Waals surface area contributed by atoms with Gasteiger partial charge in [-0.25, -0.2) is 14.2 Å². The number of carbonyl (C=O) groups is 1. The molecule has 0 bridgehead atoms. The van der Waals surface area contributed by atoms with Gasteiger partial charge in [0.25, 0.3) is 5.56 Å². The van der Waals surface area contributed by atoms with Crippen molar-refractivity contribution in [2.24, 2.45) is 0 Å². The molecule has 0 aliphatic carbocycles. The van der Waals surface area contributed by atoms with Crippen molar-refractivity contribution in [3.63, 3.8) is 0 Å². The number of aromatic nitrogens is 2. The lowest BCUT2D eigenvalue weighted by Gasteiger charge is -2.08. The van der Waals surface area contributed by atoms with Crippen LogP contribution >= 0.6 is 0 Å². The van der Waals surface area contributed by atoms with Crippen LogP contribution in [0.4, 0.5) is 14.9 Å². The first-order valence-corrected chi connectivity index (χ1v) is 5.96. The SMILES string of the molecule is O=C(NCCn1cnccc1=O)Nc1cccc(F)c1. The lowest BCUT2D eigenvalue weighted by Crippen LogP contribution is -2.33. The second-order valence-electron chi connectivity index (χ2n) is 4.00. The standard InChI is InChI=1S/C13H13FN4O2/c14-10-2-1-3-11(8-10)17-13(20)16-6-7-18-9-15-5-4-12(18)19/h1-5,8-9H,6-7H2,(H2,16,17,20). The minimum absolute atomic E-state index is 0.188. The highest BCUT2D eigenvalue weighted by atomic mass is 19.1. The fraction of sp³-hybridized carbons (Fsp3) is 0.154. The Balaban J connectivity index is 1.81. The minimum Gasteiger partial charge on any atom is -0.336 e. The van der Waals surface area contributed by atoms with E-state index in [0.29, 0.717) is 12.2 Å². The van der Waals surface area contributed by atoms with Crippen molar-refractivity contribution in [1.82, 2.24) is 14.9 Å². The fourth-order valence-corrected chi connectivity index (χ4v) is 1.58. The smallest absolute Gasteiger partial charge is 0.319 e. The molecule has 1 aromatic heterocycles. The van der Waals surface area contributed by atoms with Crippen LogP contribution in [0.2, 0.25) is 0 Å². The highest BCUT2D eigenvalue weighted by Gasteiger charge is 2.02. The molecule has 0 radical (unpaired) electrons. The molecule has 0 aliphatic heterocycles. The van der Waals surface area contributed by atoms with Gasteiger partial charge in [0.2, 0.25) is 0 Å². The van der Waals surface area contributed by atoms with Gasteiger partial charge in [0.05, 0.1) is 6.33 Å². The maximum Gasteiger partial charge on any atom is 0.319 e. The molecule has 1 heterocycles. The van der Waals surface area contributed by atoms with E-state index in [1.165, 1.54) is 41.4 Å². The maximum absolute atomic E-state index is 12.9. The number of amides is 2. The summed E-state index contributed by atoms with van der Waals surface area (Å²) in [4.78, 5) is 26.7. The Morgan fingerprint density at radius 3 is 2.95 bits per heavy atom. The van der Waals surface area contributed by atoms with Gasteiger partial charge in [-0.2, -0.15) is 0 Å². The monoisotopic (exact) mass is 276 g/mol. The predicted octanol–water partition coefficient (Wildman–Crippen LogP) is 1.20. The van der Waals surface area contributed by atoms with E-state index in [4.69, 9.17) is 0 Å². The molecule has 0 fully saturated rings. The van der Waals surface area contributed by atoms with E-state index in [1.807, 2.05) is 0 Å². The van der Waals surface area contributed by atoms with Crippen LogP contribution in [0.1, 0.15) is 0 Å². The minimum atomic E-state index is -0.465. The van der Waals surface area contributed by atoms with Gasteiger partial charge in [-0.1, -0.05) is 6.07 Å². The topological polar surface area (TPSA) is 76.0 Å². The average Bonchev–Trinajstić information content (AvgIpc) is 2.41. The van der Waals surface area contributed by atoms with Crippen LogP contribution in [0.25, 0.3) is 0 Å². The van der Waals surface area contributed by atoms with Gasteiger partial charge < -0.3 is 10.6 Å². The summed E-state index contributed by atoms with van der Waals surface area (Å²) in [6.45, 7) is 0.565. The maximum atomic E-state index is 12.9. The molecule has 2 N–H and O–H groups in total. The van der Waals surface area contributed by atoms with Crippen LogP contribution in [0.5, 0.6) is 0 Å². The van der Waals surface area contributed by atoms with Gasteiger partial charge in [-0.3, -0.25) is 9.36 Å². The summed E-state index contributed by atoms with van der Waals surface area (Å²) in [5, 5.41) is 5.06. The van der Waals surface area contributed by atoms with E-state index in [1.54, 1.807) is 6.07 Å². The molecular formula is C13H13FN4O2. The molecule has 0 unspecified atom stereocenters. The number of benzene rings is 1. The van der Waals surface area contributed by atoms with E-state index >= 15 is 0 Å². The van der Waals surface area contributed by atoms with Crippen LogP contribution in [0.3, 0.4) is 0 Å². The average molecular weight is 276 g/mol. The summed E-state index contributed by atoms with van der Waals surface area (Å²) in [5.41, 5.74) is 0.174. The van der Waals surface area contributed by atoms with Crippen LogP contribution in [0, 0.1) is 5.82 Å². The summed E-state index contributed by atoms with van der Waals surface area (Å²) in [6, 6.07) is 6.46. The van der Waals surface area contributed by atoms with E-state index < -0.39 is 11.8 Å². The van der Waals surface area contributed by atoms with Gasteiger partial charge in [0.15, 0.2) is 0 Å². The first kappa shape index (κ1) is 13.7. The number of anilines is 1. The first-order chi connectivity index (χ1) is 9.65. The van der Waals surface area contributed by atoms with E-state index in [9.17, 15) is 14.0 Å². The molecule has 0 saturated carbocycles. The summed E-state index contributed by atoms with van der Waals surface area (Å²) in [7, 11) is 0. The highest BCUT2D eigenvalue weighted by molar-refractivity contribution is 5.89. The summed E-state index contributed by atoms with van der Waals surface area (Å²) in [5.74, 6) is -0.426. The zero-order valence-corrected chi connectivity index (χ0v) is 10.5. The Hall–Kier alpha value is -2.70. The highest BCUT2D eigenvalue weighted by Crippen LogP contribution is 2.08. The molecule has 20 heavy (non-hydrogen) atoms. The Bertz CT molecular complexity index is 657. The molecule has 2 rings (SSSR count). The largest absolute Gasteiger partial charge is 0.336 e. The van der Waals surface area contributed by atoms with Crippen molar-refractivity contribution in [2.45, 2.75) is 6.54 Å². The zero-order valence-electron chi connectivity index (χ0n) is 10.5. The molecular weight excluding hydrogens is 263 g/mol. The second kappa shape index (κ2) is 6.46. The van der Waals surface area contributed by atoms with Crippen molar-refractivity contribution >= 4 is 11.7 Å². The molecule has 1 aromatic carbocycles. The van der Waals surface area contributed by atoms with Crippen molar-refractivity contribution in [2.75, 3.05) is 11.9 Å². The molecule has 2 aromatic rings. The Kier molecular flexibility index (Phi) is 4.43. The van der Waals surface area contributed by atoms with Gasteiger partial charge in [0, 0.05) is 31.0 Å². The van der Waals surface area contributed by atoms with Gasteiger partial charge in [-0.05, 0) is 18.2 Å². The number of urea groups is 1. The Morgan fingerprint density at radius 2 is 2.20 bits per heavy atom. The van der Waals surface area contributed by atoms with Crippen molar-refractivity contribution in [3.05, 3.63) is 59.0 Å². The molecule has 7 heteroatoms. The first-order valence-electron chi connectivity index (χ1n) is 5.96. The molecule has 2 amide bonds. The van der Waals surface area contributed by atoms with Gasteiger partial charge >= 0.3 is 6.03 Å². The number of hydrogen-bond acceptors (Lipinski definition) is 3. The van der Waals surface area contributed by atoms with Crippen LogP contribution in [0.15, 0.2) is 47.7 Å². The number of halogens is 1. The molecule has 0 spiro atoms. The number of carbonyl (C=O) groups excluding carboxylic acids is 1. The third-order valence-electron chi connectivity index (χ3n) is 2.51. The summed E-state index contributed by atoms with van der Waals surface area (Å²) < 4.78 is 14.3. The van der Waals surface area contributed by atoms with Crippen molar-refractivity contribution < 1.29 is 9.18 Å². The molecule has 6 nitrogen and oxygen atoms in total. The lowest BCUT2D eigenvalue weighted by molar-refractivity contribution is 0.251. The third-order valence-corrected chi connectivity index (χ3v) is 2.51. The summed E-state index contributed by atoms with van der Waals surface area (Å²) >= 11 is 0. The van der Waals surface area contributed by atoms with E-state index in [2.05, 4.69) is 15.6 Å². The summed E-state index contributed by atoms with van der Waals surface area (Å²) in [6.07, 6.45) is 2.80. The van der Waals surface area contributed by atoms with Gasteiger partial charge in [0.1, 0.15) is 5.82 Å². The quantitative estimate of drug-likeness (QED) is 0.881. The Morgan fingerprint density at radius 1 is 1.35 bits per heavy atom. The zero-order chi connectivity index (χ0) is 14.4. The number of rotatable bonds is 4. The van der Waals surface area contributed by atoms with E-state index in [-0.39, 0.29) is 12.1 Å². The van der Waals surface area contributed by atoms with Crippen LogP contribution < -0.4 is 16.2 Å². The van der Waals surface area contributed by atoms with Gasteiger partial charge in [-0.15, -0.1) is 0 Å². The number of nitrogens with zero attached hydrogens (tertiary/aromatic N) is 2. The fourth-order valence-electron chi connectivity index (χ4n) is 1.58. The number of hydrogen-bond donors (Lipinski definition) is 2. The lowest BCUT2D eigenvalue weighted by atomic mass is 10.3. The molecule has 0 atom stereocenters. The Labute approximate surface area is 114 Å². The molecule has 0 saturated heterocycles. The van der Waals surface area contributed by atoms with Crippen LogP contribution in [-0.4, -0.2) is 22.1 Å². The van der Waals surface area contributed by atoms with Crippen LogP contribution in [-0.2, 0) is 6.54 Å². The molecule has 104 valence electrons. The van der Waals surface area contributed by atoms with Crippen molar-refractivity contribution in [3.8, 4) is 0 Å². The second-order valence-corrected chi connectivity index (χ2v) is 4.00. The van der Waals surface area contributed by atoms with Crippen molar-refractivity contribution in [1.29, 1.82) is 0 Å². The normalized spacial score (nSPS) is 10.1. The molecule has 0 aliphatic rings. The number of nitrogens with one attached hydrogen (secondary N) is 2. The third kappa shape index (κ3) is 3.91. The van der Waals surface area contributed by atoms with E-state index in [0.717, 1.165) is 0 Å². The predicted molar refractivity (Wildman–Crippen MR) is 71.9 cm³/mol.